The molecule has 2 aromatic rings. The number of hydrogen-bond donors (Lipinski definition) is 2. The predicted octanol–water partition coefficient (Wildman–Crippen LogP) is 4.13. The molecule has 150 valence electrons. The van der Waals surface area contributed by atoms with Crippen molar-refractivity contribution in [1.29, 1.82) is 0 Å². The number of halogens is 1. The van der Waals surface area contributed by atoms with E-state index in [2.05, 4.69) is 20.8 Å². The molecule has 7 nitrogen and oxygen atoms in total. The Labute approximate surface area is 173 Å². The van der Waals surface area contributed by atoms with Crippen LogP contribution in [0.25, 0.3) is 0 Å². The summed E-state index contributed by atoms with van der Waals surface area (Å²) < 4.78 is 0. The number of likely N-dealkylation sites (tertiary alicyclic amines) is 1. The summed E-state index contributed by atoms with van der Waals surface area (Å²) in [6.45, 7) is 7.18. The summed E-state index contributed by atoms with van der Waals surface area (Å²) in [6.07, 6.45) is 1.82. The third kappa shape index (κ3) is 5.42. The van der Waals surface area contributed by atoms with Crippen LogP contribution in [0.1, 0.15) is 54.3 Å². The molecule has 28 heavy (non-hydrogen) atoms. The summed E-state index contributed by atoms with van der Waals surface area (Å²) in [7, 11) is 0. The average molecular weight is 422 g/mol. The first kappa shape index (κ1) is 20.5. The lowest BCUT2D eigenvalue weighted by Crippen LogP contribution is -2.51. The Morgan fingerprint density at radius 3 is 2.79 bits per heavy atom. The van der Waals surface area contributed by atoms with Crippen LogP contribution in [0.15, 0.2) is 24.3 Å². The Hall–Kier alpha value is -2.19. The molecule has 0 aliphatic carbocycles. The summed E-state index contributed by atoms with van der Waals surface area (Å²) in [4.78, 5) is 26.7. The SMILES string of the molecule is CC(C)(C)NC(=O)N1CCC[C@@H](c2nnc(C(=O)Nc3cccc(Cl)c3)s2)C1. The molecular formula is C19H24ClN5O2S. The van der Waals surface area contributed by atoms with E-state index in [1.807, 2.05) is 25.7 Å². The van der Waals surface area contributed by atoms with E-state index in [1.165, 1.54) is 11.3 Å². The summed E-state index contributed by atoms with van der Waals surface area (Å²) in [5, 5.41) is 15.7. The molecule has 1 fully saturated rings. The van der Waals surface area contributed by atoms with E-state index < -0.39 is 0 Å². The zero-order valence-corrected chi connectivity index (χ0v) is 17.7. The molecule has 0 unspecified atom stereocenters. The standard InChI is InChI=1S/C19H24ClN5O2S/c1-19(2,3)22-18(27)25-9-5-6-12(11-25)16-23-24-17(28-16)15(26)21-14-8-4-7-13(20)10-14/h4,7-8,10,12H,5-6,9,11H2,1-3H3,(H,21,26)(H,22,27)/t12-/m1/s1. The number of hydrogen-bond acceptors (Lipinski definition) is 5. The van der Waals surface area contributed by atoms with E-state index in [4.69, 9.17) is 11.6 Å². The lowest BCUT2D eigenvalue weighted by molar-refractivity contribution is 0.102. The quantitative estimate of drug-likeness (QED) is 0.779. The number of urea groups is 1. The molecule has 0 bridgehead atoms. The fourth-order valence-electron chi connectivity index (χ4n) is 3.01. The van der Waals surface area contributed by atoms with Crippen molar-refractivity contribution in [2.75, 3.05) is 18.4 Å². The van der Waals surface area contributed by atoms with Gasteiger partial charge in [-0.15, -0.1) is 10.2 Å². The number of amides is 3. The van der Waals surface area contributed by atoms with Crippen molar-refractivity contribution in [1.82, 2.24) is 20.4 Å². The van der Waals surface area contributed by atoms with Gasteiger partial charge in [-0.25, -0.2) is 4.79 Å². The molecule has 1 aromatic carbocycles. The molecule has 2 N–H and O–H groups in total. The highest BCUT2D eigenvalue weighted by Gasteiger charge is 2.29. The van der Waals surface area contributed by atoms with Crippen molar-refractivity contribution in [3.05, 3.63) is 39.3 Å². The average Bonchev–Trinajstić information content (AvgIpc) is 3.11. The van der Waals surface area contributed by atoms with Gasteiger partial charge in [-0.2, -0.15) is 0 Å². The van der Waals surface area contributed by atoms with E-state index in [1.54, 1.807) is 24.3 Å². The van der Waals surface area contributed by atoms with Gasteiger partial charge in [0.15, 0.2) is 0 Å². The van der Waals surface area contributed by atoms with E-state index in [0.29, 0.717) is 22.3 Å². The number of rotatable bonds is 3. The Kier molecular flexibility index (Phi) is 6.20. The van der Waals surface area contributed by atoms with Crippen LogP contribution in [0.5, 0.6) is 0 Å². The van der Waals surface area contributed by atoms with E-state index in [0.717, 1.165) is 24.4 Å². The monoisotopic (exact) mass is 421 g/mol. The number of benzene rings is 1. The summed E-state index contributed by atoms with van der Waals surface area (Å²) in [5.41, 5.74) is 0.329. The van der Waals surface area contributed by atoms with Gasteiger partial charge in [-0.05, 0) is 51.8 Å². The third-order valence-corrected chi connectivity index (χ3v) is 5.58. The number of anilines is 1. The summed E-state index contributed by atoms with van der Waals surface area (Å²) in [6, 6.07) is 6.88. The van der Waals surface area contributed by atoms with Crippen LogP contribution in [-0.4, -0.2) is 45.7 Å². The second kappa shape index (κ2) is 8.45. The molecule has 0 radical (unpaired) electrons. The lowest BCUT2D eigenvalue weighted by Gasteiger charge is -2.34. The topological polar surface area (TPSA) is 87.2 Å². The van der Waals surface area contributed by atoms with Crippen LogP contribution < -0.4 is 10.6 Å². The van der Waals surface area contributed by atoms with Gasteiger partial charge in [0.1, 0.15) is 5.01 Å². The number of carbonyl (C=O) groups is 2. The minimum atomic E-state index is -0.316. The number of carbonyl (C=O) groups excluding carboxylic acids is 2. The van der Waals surface area contributed by atoms with Crippen molar-refractivity contribution in [3.8, 4) is 0 Å². The van der Waals surface area contributed by atoms with Gasteiger partial charge in [0.25, 0.3) is 5.91 Å². The van der Waals surface area contributed by atoms with Gasteiger partial charge in [-0.3, -0.25) is 4.79 Å². The highest BCUT2D eigenvalue weighted by Crippen LogP contribution is 2.29. The molecule has 3 rings (SSSR count). The number of aromatic nitrogens is 2. The fourth-order valence-corrected chi connectivity index (χ4v) is 4.06. The van der Waals surface area contributed by atoms with Gasteiger partial charge in [0, 0.05) is 35.3 Å². The second-order valence-corrected chi connectivity index (χ2v) is 9.32. The third-order valence-electron chi connectivity index (χ3n) is 4.26. The molecule has 1 aliphatic heterocycles. The van der Waals surface area contributed by atoms with Gasteiger partial charge in [0.05, 0.1) is 0 Å². The van der Waals surface area contributed by atoms with Crippen LogP contribution >= 0.6 is 22.9 Å². The normalized spacial score (nSPS) is 17.3. The first-order chi connectivity index (χ1) is 13.2. The van der Waals surface area contributed by atoms with Gasteiger partial charge in [0.2, 0.25) is 5.01 Å². The first-order valence-electron chi connectivity index (χ1n) is 9.19. The van der Waals surface area contributed by atoms with Crippen LogP contribution in [0, 0.1) is 0 Å². The molecule has 1 aliphatic rings. The van der Waals surface area contributed by atoms with Gasteiger partial charge in [-0.1, -0.05) is 29.0 Å². The molecule has 1 aromatic heterocycles. The molecule has 1 saturated heterocycles. The predicted molar refractivity (Wildman–Crippen MR) is 111 cm³/mol. The molecule has 1 atom stereocenters. The maximum Gasteiger partial charge on any atom is 0.317 e. The summed E-state index contributed by atoms with van der Waals surface area (Å²) in [5.74, 6) is -0.228. The zero-order chi connectivity index (χ0) is 20.3. The Morgan fingerprint density at radius 2 is 2.07 bits per heavy atom. The van der Waals surface area contributed by atoms with Crippen molar-refractivity contribution < 1.29 is 9.59 Å². The van der Waals surface area contributed by atoms with Crippen LogP contribution in [0.4, 0.5) is 10.5 Å². The molecule has 0 saturated carbocycles. The Morgan fingerprint density at radius 1 is 1.29 bits per heavy atom. The van der Waals surface area contributed by atoms with Crippen LogP contribution in [0.3, 0.4) is 0 Å². The fraction of sp³-hybridized carbons (Fsp3) is 0.474. The Bertz CT molecular complexity index is 864. The first-order valence-corrected chi connectivity index (χ1v) is 10.4. The van der Waals surface area contributed by atoms with Gasteiger partial charge < -0.3 is 15.5 Å². The maximum absolute atomic E-state index is 12.4. The number of piperidine rings is 1. The smallest absolute Gasteiger partial charge is 0.317 e. The van der Waals surface area contributed by atoms with Crippen molar-refractivity contribution in [3.63, 3.8) is 0 Å². The number of nitrogens with zero attached hydrogens (tertiary/aromatic N) is 3. The van der Waals surface area contributed by atoms with Crippen molar-refractivity contribution in [2.45, 2.75) is 45.1 Å². The maximum atomic E-state index is 12.4. The van der Waals surface area contributed by atoms with Gasteiger partial charge >= 0.3 is 6.03 Å². The summed E-state index contributed by atoms with van der Waals surface area (Å²) >= 11 is 7.22. The molecule has 0 spiro atoms. The van der Waals surface area contributed by atoms with Crippen LogP contribution in [0.2, 0.25) is 5.02 Å². The van der Waals surface area contributed by atoms with E-state index in [-0.39, 0.29) is 23.4 Å². The molecule has 2 heterocycles. The second-order valence-electron chi connectivity index (χ2n) is 7.88. The van der Waals surface area contributed by atoms with Crippen molar-refractivity contribution >= 4 is 40.6 Å². The minimum Gasteiger partial charge on any atom is -0.333 e. The number of nitrogens with one attached hydrogen (secondary N) is 2. The molecule has 9 heteroatoms. The zero-order valence-electron chi connectivity index (χ0n) is 16.2. The minimum absolute atomic E-state index is 0.0689. The van der Waals surface area contributed by atoms with Crippen LogP contribution in [-0.2, 0) is 0 Å². The molecule has 3 amide bonds. The lowest BCUT2D eigenvalue weighted by atomic mass is 9.99. The van der Waals surface area contributed by atoms with E-state index >= 15 is 0 Å². The highest BCUT2D eigenvalue weighted by molar-refractivity contribution is 7.13. The Balaban J connectivity index is 1.64. The van der Waals surface area contributed by atoms with E-state index in [9.17, 15) is 9.59 Å². The van der Waals surface area contributed by atoms with Crippen molar-refractivity contribution in [2.24, 2.45) is 0 Å². The highest BCUT2D eigenvalue weighted by atomic mass is 35.5. The molecular weight excluding hydrogens is 398 g/mol. The largest absolute Gasteiger partial charge is 0.333 e.